The van der Waals surface area contributed by atoms with Crippen molar-refractivity contribution < 1.29 is 9.59 Å². The number of benzene rings is 1. The Kier molecular flexibility index (Phi) is 3.09. The van der Waals surface area contributed by atoms with Crippen molar-refractivity contribution in [1.82, 2.24) is 10.3 Å². The average molecular weight is 230 g/mol. The molecule has 5 heteroatoms. The average Bonchev–Trinajstić information content (AvgIpc) is 2.71. The maximum Gasteiger partial charge on any atom is 0.312 e. The smallest absolute Gasteiger partial charge is 0.312 e. The third-order valence-electron chi connectivity index (χ3n) is 2.56. The van der Waals surface area contributed by atoms with Gasteiger partial charge in [-0.25, -0.2) is 4.79 Å². The fraction of sp³-hybridized carbons (Fsp3) is 0.167. The van der Waals surface area contributed by atoms with Crippen molar-refractivity contribution in [3.8, 4) is 0 Å². The first kappa shape index (κ1) is 11.2. The molecule has 17 heavy (non-hydrogen) atoms. The number of carbonyl (C=O) groups excluding carboxylic acids is 2. The molecule has 0 bridgehead atoms. The van der Waals surface area contributed by atoms with Crippen LogP contribution in [0, 0.1) is 0 Å². The highest BCUT2D eigenvalue weighted by atomic mass is 16.2. The summed E-state index contributed by atoms with van der Waals surface area (Å²) in [5, 5.41) is 3.36. The van der Waals surface area contributed by atoms with Gasteiger partial charge in [0.1, 0.15) is 6.04 Å². The van der Waals surface area contributed by atoms with E-state index in [4.69, 9.17) is 5.73 Å². The van der Waals surface area contributed by atoms with Gasteiger partial charge in [-0.2, -0.15) is 0 Å². The molecule has 0 saturated carbocycles. The molecule has 1 radical (unpaired) electrons. The first-order chi connectivity index (χ1) is 8.20. The van der Waals surface area contributed by atoms with Crippen LogP contribution in [0.5, 0.6) is 0 Å². The van der Waals surface area contributed by atoms with Crippen molar-refractivity contribution in [3.63, 3.8) is 0 Å². The number of aromatic amines is 1. The molecule has 0 unspecified atom stereocenters. The number of primary amides is 1. The van der Waals surface area contributed by atoms with Crippen molar-refractivity contribution in [2.45, 2.75) is 12.5 Å². The topological polar surface area (TPSA) is 88.0 Å². The van der Waals surface area contributed by atoms with Gasteiger partial charge >= 0.3 is 6.03 Å². The second-order valence-electron chi connectivity index (χ2n) is 3.74. The normalized spacial score (nSPS) is 12.2. The number of rotatable bonds is 4. The summed E-state index contributed by atoms with van der Waals surface area (Å²) < 4.78 is 0. The van der Waals surface area contributed by atoms with Gasteiger partial charge in [-0.05, 0) is 11.6 Å². The number of fused-ring (bicyclic) bond motifs is 1. The van der Waals surface area contributed by atoms with Gasteiger partial charge in [0.15, 0.2) is 0 Å². The van der Waals surface area contributed by atoms with E-state index in [-0.39, 0.29) is 0 Å². The summed E-state index contributed by atoms with van der Waals surface area (Å²) in [6.45, 7) is 0. The molecular formula is C12H12N3O2. The minimum Gasteiger partial charge on any atom is -0.361 e. The second kappa shape index (κ2) is 4.69. The lowest BCUT2D eigenvalue weighted by atomic mass is 10.1. The van der Waals surface area contributed by atoms with Crippen molar-refractivity contribution in [2.75, 3.05) is 0 Å². The molecule has 2 rings (SSSR count). The van der Waals surface area contributed by atoms with E-state index in [1.54, 1.807) is 6.29 Å². The number of carbonyl (C=O) groups is 1. The van der Waals surface area contributed by atoms with Crippen molar-refractivity contribution in [1.29, 1.82) is 0 Å². The number of hydrogen-bond donors (Lipinski definition) is 3. The van der Waals surface area contributed by atoms with Gasteiger partial charge in [-0.15, -0.1) is 0 Å². The summed E-state index contributed by atoms with van der Waals surface area (Å²) in [5.74, 6) is 0. The number of para-hydroxylation sites is 1. The first-order valence-corrected chi connectivity index (χ1v) is 5.19. The summed E-state index contributed by atoms with van der Waals surface area (Å²) in [6.07, 6.45) is 3.95. The van der Waals surface area contributed by atoms with Crippen LogP contribution in [0.25, 0.3) is 10.9 Å². The van der Waals surface area contributed by atoms with Crippen LogP contribution in [0.2, 0.25) is 0 Å². The standard InChI is InChI=1S/C12H12N3O2/c13-12(17)15-9(7-16)5-8-6-14-11-4-2-1-3-10(8)11/h1-4,6,9,14H,5H2,(H3,13,15,17)/t9-/m0/s1. The molecule has 0 aliphatic rings. The maximum atomic E-state index is 10.7. The van der Waals surface area contributed by atoms with E-state index in [0.29, 0.717) is 6.42 Å². The summed E-state index contributed by atoms with van der Waals surface area (Å²) in [6, 6.07) is 6.30. The van der Waals surface area contributed by atoms with Gasteiger partial charge < -0.3 is 16.0 Å². The molecule has 87 valence electrons. The Labute approximate surface area is 98.0 Å². The maximum absolute atomic E-state index is 10.7. The monoisotopic (exact) mass is 230 g/mol. The van der Waals surface area contributed by atoms with Gasteiger partial charge in [0.05, 0.1) is 0 Å². The molecule has 4 N–H and O–H groups in total. The molecule has 1 atom stereocenters. The van der Waals surface area contributed by atoms with Crippen LogP contribution in [0.15, 0.2) is 30.5 Å². The van der Waals surface area contributed by atoms with Crippen LogP contribution in [0.1, 0.15) is 5.56 Å². The van der Waals surface area contributed by atoms with Crippen molar-refractivity contribution in [2.24, 2.45) is 5.73 Å². The first-order valence-electron chi connectivity index (χ1n) is 5.19. The van der Waals surface area contributed by atoms with Crippen LogP contribution >= 0.6 is 0 Å². The summed E-state index contributed by atoms with van der Waals surface area (Å²) >= 11 is 0. The zero-order valence-electron chi connectivity index (χ0n) is 9.07. The van der Waals surface area contributed by atoms with E-state index < -0.39 is 12.1 Å². The third kappa shape index (κ3) is 2.44. The fourth-order valence-electron chi connectivity index (χ4n) is 1.81. The van der Waals surface area contributed by atoms with Crippen LogP contribution < -0.4 is 11.1 Å². The Bertz CT molecular complexity index is 547. The van der Waals surface area contributed by atoms with Crippen molar-refractivity contribution in [3.05, 3.63) is 36.0 Å². The highest BCUT2D eigenvalue weighted by Gasteiger charge is 2.13. The lowest BCUT2D eigenvalue weighted by Gasteiger charge is -2.08. The van der Waals surface area contributed by atoms with Crippen LogP contribution in [0.4, 0.5) is 4.79 Å². The number of nitrogens with one attached hydrogen (secondary N) is 2. The number of nitrogens with two attached hydrogens (primary N) is 1. The number of amides is 2. The fourth-order valence-corrected chi connectivity index (χ4v) is 1.81. The molecule has 0 saturated heterocycles. The number of aromatic nitrogens is 1. The minimum atomic E-state index is -0.724. The third-order valence-corrected chi connectivity index (χ3v) is 2.56. The summed E-state index contributed by atoms with van der Waals surface area (Å²) in [4.78, 5) is 24.5. The second-order valence-corrected chi connectivity index (χ2v) is 3.74. The minimum absolute atomic E-state index is 0.371. The molecule has 2 amide bonds. The predicted octanol–water partition coefficient (Wildman–Crippen LogP) is 0.857. The Morgan fingerprint density at radius 1 is 1.47 bits per heavy atom. The van der Waals surface area contributed by atoms with Gasteiger partial charge in [0.2, 0.25) is 6.29 Å². The lowest BCUT2D eigenvalue weighted by molar-refractivity contribution is 0.247. The molecule has 0 fully saturated rings. The van der Waals surface area contributed by atoms with E-state index in [1.165, 1.54) is 0 Å². The quantitative estimate of drug-likeness (QED) is 0.727. The van der Waals surface area contributed by atoms with E-state index in [2.05, 4.69) is 10.3 Å². The van der Waals surface area contributed by atoms with Crippen LogP contribution in [-0.2, 0) is 11.2 Å². The number of hydrogen-bond acceptors (Lipinski definition) is 2. The highest BCUT2D eigenvalue weighted by molar-refractivity contribution is 5.84. The molecular weight excluding hydrogens is 218 g/mol. The number of H-pyrrole nitrogens is 1. The van der Waals surface area contributed by atoms with Gasteiger partial charge in [0, 0.05) is 23.5 Å². The highest BCUT2D eigenvalue weighted by Crippen LogP contribution is 2.18. The molecule has 0 aliphatic carbocycles. The molecule has 1 aromatic carbocycles. The zero-order chi connectivity index (χ0) is 12.3. The Morgan fingerprint density at radius 2 is 2.24 bits per heavy atom. The molecule has 2 aromatic rings. The zero-order valence-corrected chi connectivity index (χ0v) is 9.07. The van der Waals surface area contributed by atoms with Crippen LogP contribution in [-0.4, -0.2) is 23.3 Å². The van der Waals surface area contributed by atoms with Crippen molar-refractivity contribution >= 4 is 23.2 Å². The summed E-state index contributed by atoms with van der Waals surface area (Å²) in [5.41, 5.74) is 6.91. The predicted molar refractivity (Wildman–Crippen MR) is 64.2 cm³/mol. The summed E-state index contributed by atoms with van der Waals surface area (Å²) in [7, 11) is 0. The molecule has 1 aromatic heterocycles. The van der Waals surface area contributed by atoms with Gasteiger partial charge in [-0.3, -0.25) is 4.79 Å². The lowest BCUT2D eigenvalue weighted by Crippen LogP contribution is -2.40. The van der Waals surface area contributed by atoms with E-state index in [9.17, 15) is 9.59 Å². The molecule has 5 nitrogen and oxygen atoms in total. The van der Waals surface area contributed by atoms with E-state index in [1.807, 2.05) is 30.5 Å². The Balaban J connectivity index is 2.22. The molecule has 0 spiro atoms. The SMILES string of the molecule is NC(=O)N[C@H]([C]=O)Cc1c[nH]c2ccccc12. The Hall–Kier alpha value is -2.30. The largest absolute Gasteiger partial charge is 0.361 e. The molecule has 1 heterocycles. The van der Waals surface area contributed by atoms with Gasteiger partial charge in [-0.1, -0.05) is 18.2 Å². The van der Waals surface area contributed by atoms with E-state index in [0.717, 1.165) is 16.5 Å². The van der Waals surface area contributed by atoms with Crippen LogP contribution in [0.3, 0.4) is 0 Å². The Morgan fingerprint density at radius 3 is 2.94 bits per heavy atom. The van der Waals surface area contributed by atoms with E-state index >= 15 is 0 Å². The molecule has 0 aliphatic heterocycles. The number of urea groups is 1. The van der Waals surface area contributed by atoms with Gasteiger partial charge in [0.25, 0.3) is 0 Å².